The fourth-order valence-electron chi connectivity index (χ4n) is 5.58. The number of aliphatic imine (C=N–C) groups is 2. The number of piperidine rings is 2. The molecule has 0 saturated carbocycles. The van der Waals surface area contributed by atoms with Crippen LogP contribution in [0.1, 0.15) is 83.4 Å². The van der Waals surface area contributed by atoms with Crippen molar-refractivity contribution < 1.29 is 37.9 Å². The van der Waals surface area contributed by atoms with E-state index in [0.717, 1.165) is 68.4 Å². The molecular formula is C31H42N4O8S. The molecule has 4 N–H and O–H groups in total. The van der Waals surface area contributed by atoms with Gasteiger partial charge in [-0.25, -0.2) is 0 Å². The quantitative estimate of drug-likeness (QED) is 0.360. The van der Waals surface area contributed by atoms with E-state index in [1.54, 1.807) is 18.3 Å². The highest BCUT2D eigenvalue weighted by molar-refractivity contribution is 7.85. The minimum absolute atomic E-state index is 0. The van der Waals surface area contributed by atoms with E-state index in [0.29, 0.717) is 28.6 Å². The Hall–Kier alpha value is -3.65. The molecule has 0 aromatic heterocycles. The number of hydrogen-bond donors (Lipinski definition) is 4. The Bertz CT molecular complexity index is 1430. The summed E-state index contributed by atoms with van der Waals surface area (Å²) in [5.41, 5.74) is 4.43. The van der Waals surface area contributed by atoms with Crippen molar-refractivity contribution in [2.75, 3.05) is 19.3 Å². The summed E-state index contributed by atoms with van der Waals surface area (Å²) in [5, 5.41) is 28.3. The van der Waals surface area contributed by atoms with Crippen LogP contribution in [-0.2, 0) is 23.3 Å². The summed E-state index contributed by atoms with van der Waals surface area (Å²) in [6.45, 7) is 3.14. The fourth-order valence-corrected chi connectivity index (χ4v) is 5.58. The average molecular weight is 631 g/mol. The van der Waals surface area contributed by atoms with Crippen LogP contribution < -0.4 is 0 Å². The molecule has 2 atom stereocenters. The number of aliphatic hydroxyl groups excluding tert-OH is 2. The van der Waals surface area contributed by atoms with Crippen molar-refractivity contribution in [3.8, 4) is 5.75 Å². The van der Waals surface area contributed by atoms with Crippen LogP contribution in [0.2, 0.25) is 0 Å². The highest BCUT2D eigenvalue weighted by Gasteiger charge is 2.31. The lowest BCUT2D eigenvalue weighted by Crippen LogP contribution is -2.43. The van der Waals surface area contributed by atoms with Crippen LogP contribution in [0.5, 0.6) is 5.75 Å². The SMILES string of the molecule is C.CS(=O)(=O)O.Cc1cc2c(cc1CO)C(=O)N1CCCC[C@H]1C=N2.O=C1c2cc(CO)c(O)cc2N=C[C@@H]2CCCCN12. The molecule has 2 fully saturated rings. The molecule has 4 heterocycles. The molecule has 6 rings (SSSR count). The maximum Gasteiger partial charge on any atom is 0.261 e. The number of aryl methyl sites for hydroxylation is 1. The Morgan fingerprint density at radius 2 is 1.23 bits per heavy atom. The van der Waals surface area contributed by atoms with Gasteiger partial charge in [0.05, 0.1) is 54.1 Å². The summed E-state index contributed by atoms with van der Waals surface area (Å²) < 4.78 is 25.9. The van der Waals surface area contributed by atoms with Crippen LogP contribution in [0, 0.1) is 6.92 Å². The number of benzene rings is 2. The second-order valence-electron chi connectivity index (χ2n) is 11.0. The molecule has 2 aromatic carbocycles. The van der Waals surface area contributed by atoms with Gasteiger partial charge in [0, 0.05) is 37.1 Å². The molecule has 2 amide bonds. The summed E-state index contributed by atoms with van der Waals surface area (Å²) in [6, 6.07) is 6.87. The lowest BCUT2D eigenvalue weighted by molar-refractivity contribution is 0.0680. The molecule has 4 aliphatic heterocycles. The molecule has 2 saturated heterocycles. The largest absolute Gasteiger partial charge is 0.508 e. The maximum atomic E-state index is 12.6. The first-order valence-corrected chi connectivity index (χ1v) is 16.1. The number of rotatable bonds is 2. The van der Waals surface area contributed by atoms with E-state index in [2.05, 4.69) is 9.98 Å². The Morgan fingerprint density at radius 3 is 1.68 bits per heavy atom. The third-order valence-electron chi connectivity index (χ3n) is 7.84. The third-order valence-corrected chi connectivity index (χ3v) is 7.84. The third kappa shape index (κ3) is 8.29. The van der Waals surface area contributed by atoms with Crippen LogP contribution in [0.15, 0.2) is 34.3 Å². The lowest BCUT2D eigenvalue weighted by atomic mass is 10.00. The number of carbonyl (C=O) groups excluding carboxylic acids is 2. The van der Waals surface area contributed by atoms with E-state index in [1.165, 1.54) is 6.07 Å². The molecule has 4 aliphatic rings. The highest BCUT2D eigenvalue weighted by Crippen LogP contribution is 2.33. The summed E-state index contributed by atoms with van der Waals surface area (Å²) in [7, 11) is -3.67. The predicted octanol–water partition coefficient (Wildman–Crippen LogP) is 3.93. The molecule has 13 heteroatoms. The molecule has 2 aromatic rings. The molecule has 0 spiro atoms. The summed E-state index contributed by atoms with van der Waals surface area (Å²) in [6.07, 6.45) is 10.7. The van der Waals surface area contributed by atoms with E-state index < -0.39 is 10.1 Å². The Kier molecular flexibility index (Phi) is 11.8. The zero-order valence-corrected chi connectivity index (χ0v) is 25.1. The van der Waals surface area contributed by atoms with Gasteiger partial charge in [-0.3, -0.25) is 24.1 Å². The van der Waals surface area contributed by atoms with Crippen molar-refractivity contribution in [2.24, 2.45) is 9.98 Å². The number of phenols is 1. The maximum absolute atomic E-state index is 12.6. The summed E-state index contributed by atoms with van der Waals surface area (Å²) >= 11 is 0. The van der Waals surface area contributed by atoms with Crippen LogP contribution in [-0.4, -0.2) is 93.8 Å². The number of amides is 2. The highest BCUT2D eigenvalue weighted by atomic mass is 32.2. The first kappa shape index (κ1) is 34.8. The van der Waals surface area contributed by atoms with Gasteiger partial charge < -0.3 is 25.1 Å². The average Bonchev–Trinajstić information content (AvgIpc) is 3.19. The smallest absolute Gasteiger partial charge is 0.261 e. The van der Waals surface area contributed by atoms with E-state index in [1.807, 2.05) is 29.0 Å². The monoisotopic (exact) mass is 630 g/mol. The molecular weight excluding hydrogens is 588 g/mol. The molecule has 0 aliphatic carbocycles. The van der Waals surface area contributed by atoms with Crippen LogP contribution in [0.3, 0.4) is 0 Å². The second kappa shape index (κ2) is 14.9. The minimum Gasteiger partial charge on any atom is -0.508 e. The minimum atomic E-state index is -3.67. The predicted molar refractivity (Wildman–Crippen MR) is 169 cm³/mol. The van der Waals surface area contributed by atoms with E-state index in [4.69, 9.17) is 4.55 Å². The normalized spacial score (nSPS) is 20.2. The molecule has 44 heavy (non-hydrogen) atoms. The van der Waals surface area contributed by atoms with Crippen LogP contribution in [0.25, 0.3) is 0 Å². The van der Waals surface area contributed by atoms with Gasteiger partial charge in [0.25, 0.3) is 21.9 Å². The molecule has 0 bridgehead atoms. The zero-order chi connectivity index (χ0) is 31.3. The van der Waals surface area contributed by atoms with Gasteiger partial charge >= 0.3 is 0 Å². The van der Waals surface area contributed by atoms with E-state index in [9.17, 15) is 33.3 Å². The van der Waals surface area contributed by atoms with Crippen molar-refractivity contribution >= 4 is 45.7 Å². The molecule has 0 radical (unpaired) electrons. The number of aliphatic hydroxyl groups is 2. The number of aromatic hydroxyl groups is 1. The van der Waals surface area contributed by atoms with Crippen LogP contribution >= 0.6 is 0 Å². The van der Waals surface area contributed by atoms with Gasteiger partial charge in [-0.05, 0) is 74.8 Å². The van der Waals surface area contributed by atoms with E-state index in [-0.39, 0.29) is 50.3 Å². The lowest BCUT2D eigenvalue weighted by Gasteiger charge is -2.32. The van der Waals surface area contributed by atoms with Crippen molar-refractivity contribution in [3.05, 3.63) is 52.1 Å². The van der Waals surface area contributed by atoms with Gasteiger partial charge in [0.2, 0.25) is 0 Å². The van der Waals surface area contributed by atoms with Gasteiger partial charge in [0.15, 0.2) is 0 Å². The van der Waals surface area contributed by atoms with Gasteiger partial charge in [-0.1, -0.05) is 7.43 Å². The zero-order valence-electron chi connectivity index (χ0n) is 24.3. The fraction of sp³-hybridized carbons (Fsp3) is 0.484. The van der Waals surface area contributed by atoms with Gasteiger partial charge in [-0.2, -0.15) is 8.42 Å². The van der Waals surface area contributed by atoms with Crippen molar-refractivity contribution in [2.45, 2.75) is 78.2 Å². The second-order valence-corrected chi connectivity index (χ2v) is 12.5. The molecule has 12 nitrogen and oxygen atoms in total. The first-order valence-electron chi connectivity index (χ1n) is 14.2. The number of carbonyl (C=O) groups is 2. The number of fused-ring (bicyclic) bond motifs is 4. The topological polar surface area (TPSA) is 180 Å². The summed E-state index contributed by atoms with van der Waals surface area (Å²) in [5.74, 6) is -0.0372. The Labute approximate surface area is 258 Å². The number of nitrogens with zero attached hydrogens (tertiary/aromatic N) is 4. The summed E-state index contributed by atoms with van der Waals surface area (Å²) in [4.78, 5) is 37.7. The first-order chi connectivity index (χ1) is 20.4. The molecule has 240 valence electrons. The van der Waals surface area contributed by atoms with Crippen molar-refractivity contribution in [1.82, 2.24) is 9.80 Å². The van der Waals surface area contributed by atoms with Gasteiger partial charge in [-0.15, -0.1) is 0 Å². The van der Waals surface area contributed by atoms with Gasteiger partial charge in [0.1, 0.15) is 5.75 Å². The van der Waals surface area contributed by atoms with E-state index >= 15 is 0 Å². The van der Waals surface area contributed by atoms with Crippen molar-refractivity contribution in [1.29, 1.82) is 0 Å². The molecule has 0 unspecified atom stereocenters. The van der Waals surface area contributed by atoms with Crippen molar-refractivity contribution in [3.63, 3.8) is 0 Å². The van der Waals surface area contributed by atoms with Crippen LogP contribution in [0.4, 0.5) is 11.4 Å². The Balaban J connectivity index is 0.000000205. The number of hydrogen-bond acceptors (Lipinski definition) is 9. The standard InChI is InChI=1S/C15H18N2O2.C14H16N2O3.CH4O3S.CH4/c1-10-6-14-13(7-11(10)9-18)15(19)17-5-3-2-4-12(17)8-16-14;17-8-9-5-11-12(6-13(9)18)15-7-10-3-1-2-4-16(10)14(11)19;1-5(2,3)4;/h6-8,12,18H,2-5,9H2,1H3;5-7,10,17-18H,1-4,8H2;1H3,(H,2,3,4);1H4/t12-;10-;;/m00../s1. The Morgan fingerprint density at radius 1 is 0.795 bits per heavy atom.